The van der Waals surface area contributed by atoms with Gasteiger partial charge in [-0.3, -0.25) is 0 Å². The highest BCUT2D eigenvalue weighted by atomic mass is 28.3. The van der Waals surface area contributed by atoms with Gasteiger partial charge in [-0.2, -0.15) is 0 Å². The van der Waals surface area contributed by atoms with Crippen molar-refractivity contribution >= 4 is 19.2 Å². The second kappa shape index (κ2) is 7.19. The van der Waals surface area contributed by atoms with Gasteiger partial charge in [0.15, 0.2) is 0 Å². The lowest BCUT2D eigenvalue weighted by molar-refractivity contribution is 1.03. The van der Waals surface area contributed by atoms with E-state index in [9.17, 15) is 0 Å². The van der Waals surface area contributed by atoms with E-state index in [0.29, 0.717) is 5.54 Å². The van der Waals surface area contributed by atoms with Gasteiger partial charge in [0, 0.05) is 0 Å². The van der Waals surface area contributed by atoms with Gasteiger partial charge in [-0.1, -0.05) is 90.1 Å². The fourth-order valence-electron chi connectivity index (χ4n) is 3.74. The van der Waals surface area contributed by atoms with Gasteiger partial charge in [0.05, 0.1) is 0 Å². The molecule has 0 aromatic heterocycles. The Morgan fingerprint density at radius 3 is 1.58 bits per heavy atom. The van der Waals surface area contributed by atoms with E-state index in [2.05, 4.69) is 100 Å². The Morgan fingerprint density at radius 2 is 1.08 bits per heavy atom. The first-order valence-electron chi connectivity index (χ1n) is 8.75. The first-order valence-corrected chi connectivity index (χ1v) is 10.6. The molecule has 3 aromatic carbocycles. The summed E-state index contributed by atoms with van der Waals surface area (Å²) in [6, 6.07) is 27.0. The quantitative estimate of drug-likeness (QED) is 0.626. The molecule has 24 heavy (non-hydrogen) atoms. The zero-order chi connectivity index (χ0) is 17.1. The van der Waals surface area contributed by atoms with Crippen LogP contribution in [0, 0.1) is 20.8 Å². The van der Waals surface area contributed by atoms with E-state index in [1.807, 2.05) is 0 Å². The largest absolute Gasteiger partial charge is 0.110 e. The molecular weight excluding hydrogens is 304 g/mol. The second-order valence-corrected chi connectivity index (χ2v) is 10.2. The highest BCUT2D eigenvalue weighted by Gasteiger charge is 2.25. The molecule has 0 aliphatic carbocycles. The van der Waals surface area contributed by atoms with Crippen LogP contribution in [-0.2, 0) is 0 Å². The van der Waals surface area contributed by atoms with Crippen LogP contribution in [0.2, 0.25) is 0 Å². The maximum atomic E-state index is 2.42. The highest BCUT2D eigenvalue weighted by Crippen LogP contribution is 2.25. The van der Waals surface area contributed by atoms with Gasteiger partial charge >= 0.3 is 0 Å². The molecule has 0 nitrogen and oxygen atoms in total. The fraction of sp³-hybridized carbons (Fsp3) is 0.217. The third-order valence-electron chi connectivity index (χ3n) is 5.19. The van der Waals surface area contributed by atoms with Crippen LogP contribution < -0.4 is 10.4 Å². The normalized spacial score (nSPS) is 12.4. The van der Waals surface area contributed by atoms with E-state index in [1.165, 1.54) is 32.6 Å². The molecule has 0 spiro atoms. The molecule has 0 fully saturated rings. The topological polar surface area (TPSA) is 0 Å². The molecule has 3 aromatic rings. The summed E-state index contributed by atoms with van der Waals surface area (Å²) < 4.78 is 0. The van der Waals surface area contributed by atoms with E-state index in [1.54, 1.807) is 0 Å². The average molecular weight is 331 g/mol. The molecule has 0 N–H and O–H groups in total. The molecule has 1 unspecified atom stereocenters. The molecule has 0 radical (unpaired) electrons. The predicted octanol–water partition coefficient (Wildman–Crippen LogP) is 4.30. The Balaban J connectivity index is 2.11. The van der Waals surface area contributed by atoms with Crippen LogP contribution in [0.4, 0.5) is 0 Å². The second-order valence-electron chi connectivity index (χ2n) is 6.88. The van der Waals surface area contributed by atoms with Crippen LogP contribution in [0.1, 0.15) is 34.7 Å². The summed E-state index contributed by atoms with van der Waals surface area (Å²) in [6.45, 7) is 9.13. The summed E-state index contributed by atoms with van der Waals surface area (Å²) in [7, 11) is -1.34. The lowest BCUT2D eigenvalue weighted by Crippen LogP contribution is -2.46. The monoisotopic (exact) mass is 330 g/mol. The first-order chi connectivity index (χ1) is 11.6. The number of aryl methyl sites for hydroxylation is 3. The minimum absolute atomic E-state index is 0.564. The van der Waals surface area contributed by atoms with E-state index < -0.39 is 8.80 Å². The van der Waals surface area contributed by atoms with Crippen molar-refractivity contribution in [1.29, 1.82) is 0 Å². The number of hydrogen-bond acceptors (Lipinski definition) is 0. The van der Waals surface area contributed by atoms with Crippen molar-refractivity contribution in [2.45, 2.75) is 33.2 Å². The molecule has 122 valence electrons. The van der Waals surface area contributed by atoms with Crippen LogP contribution in [-0.4, -0.2) is 8.80 Å². The maximum absolute atomic E-state index is 2.42. The fourth-order valence-corrected chi connectivity index (χ4v) is 7.28. The Kier molecular flexibility index (Phi) is 5.01. The van der Waals surface area contributed by atoms with Crippen molar-refractivity contribution in [3.05, 3.63) is 95.1 Å². The van der Waals surface area contributed by atoms with Crippen molar-refractivity contribution in [2.24, 2.45) is 0 Å². The Morgan fingerprint density at radius 1 is 0.625 bits per heavy atom. The summed E-state index contributed by atoms with van der Waals surface area (Å²) in [5, 5.41) is 3.04. The molecule has 0 heterocycles. The van der Waals surface area contributed by atoms with E-state index >= 15 is 0 Å². The van der Waals surface area contributed by atoms with Crippen LogP contribution in [0.5, 0.6) is 0 Å². The van der Waals surface area contributed by atoms with Crippen molar-refractivity contribution in [1.82, 2.24) is 0 Å². The van der Waals surface area contributed by atoms with Gasteiger partial charge in [0.25, 0.3) is 0 Å². The molecule has 3 rings (SSSR count). The zero-order valence-corrected chi connectivity index (χ0v) is 16.2. The third-order valence-corrected chi connectivity index (χ3v) is 8.76. The number of hydrogen-bond donors (Lipinski definition) is 0. The minimum Gasteiger partial charge on any atom is -0.0629 e. The van der Waals surface area contributed by atoms with Crippen molar-refractivity contribution in [3.8, 4) is 0 Å². The lowest BCUT2D eigenvalue weighted by Gasteiger charge is -2.26. The van der Waals surface area contributed by atoms with Crippen LogP contribution in [0.25, 0.3) is 0 Å². The Labute approximate surface area is 147 Å². The molecule has 0 aliphatic rings. The van der Waals surface area contributed by atoms with Gasteiger partial charge in [-0.05, 0) is 48.6 Å². The van der Waals surface area contributed by atoms with E-state index in [0.717, 1.165) is 0 Å². The van der Waals surface area contributed by atoms with Gasteiger partial charge in [0.2, 0.25) is 0 Å². The van der Waals surface area contributed by atoms with Crippen molar-refractivity contribution in [2.75, 3.05) is 0 Å². The molecule has 0 saturated carbocycles. The van der Waals surface area contributed by atoms with Gasteiger partial charge in [-0.25, -0.2) is 0 Å². The summed E-state index contributed by atoms with van der Waals surface area (Å²) in [6.07, 6.45) is 0. The molecule has 0 saturated heterocycles. The third kappa shape index (κ3) is 3.37. The zero-order valence-electron chi connectivity index (χ0n) is 15.1. The first kappa shape index (κ1) is 16.7. The molecule has 0 amide bonds. The van der Waals surface area contributed by atoms with E-state index in [4.69, 9.17) is 0 Å². The van der Waals surface area contributed by atoms with Gasteiger partial charge < -0.3 is 0 Å². The number of rotatable bonds is 4. The van der Waals surface area contributed by atoms with Gasteiger partial charge in [0.1, 0.15) is 8.80 Å². The minimum atomic E-state index is -1.34. The van der Waals surface area contributed by atoms with Crippen LogP contribution in [0.3, 0.4) is 0 Å². The predicted molar refractivity (Wildman–Crippen MR) is 108 cm³/mol. The smallest absolute Gasteiger partial charge is 0.0629 e. The highest BCUT2D eigenvalue weighted by molar-refractivity contribution is 6.86. The summed E-state index contributed by atoms with van der Waals surface area (Å²) in [4.78, 5) is 0. The summed E-state index contributed by atoms with van der Waals surface area (Å²) in [5.41, 5.74) is 6.30. The van der Waals surface area contributed by atoms with Crippen LogP contribution >= 0.6 is 0 Å². The van der Waals surface area contributed by atoms with Crippen LogP contribution in [0.15, 0.2) is 72.8 Å². The van der Waals surface area contributed by atoms with Gasteiger partial charge in [-0.15, -0.1) is 0 Å². The molecular formula is C23H26Si. The standard InChI is InChI=1S/C23H26Si/c1-17-15-19(3)23(16-18(17)2)20(4)24(21-11-7-5-8-12-21)22-13-9-6-10-14-22/h5-16,20,24H,1-4H3. The van der Waals surface area contributed by atoms with Crippen molar-refractivity contribution in [3.63, 3.8) is 0 Å². The Hall–Kier alpha value is -2.12. The molecule has 0 bridgehead atoms. The molecule has 1 atom stereocenters. The average Bonchev–Trinajstić information content (AvgIpc) is 2.60. The number of benzene rings is 3. The van der Waals surface area contributed by atoms with E-state index in [-0.39, 0.29) is 0 Å². The van der Waals surface area contributed by atoms with Crippen molar-refractivity contribution < 1.29 is 0 Å². The Bertz CT molecular complexity index is 767. The maximum Gasteiger partial charge on any atom is 0.110 e. The SMILES string of the molecule is Cc1cc(C)c(C(C)[SiH](c2ccccc2)c2ccccc2)cc1C. The molecule has 0 aliphatic heterocycles. The lowest BCUT2D eigenvalue weighted by atomic mass is 9.99. The summed E-state index contributed by atoms with van der Waals surface area (Å²) in [5.74, 6) is 0. The summed E-state index contributed by atoms with van der Waals surface area (Å²) >= 11 is 0. The molecule has 1 heteroatoms.